The lowest BCUT2D eigenvalue weighted by Gasteiger charge is -2.10. The summed E-state index contributed by atoms with van der Waals surface area (Å²) in [5.74, 6) is 1.99. The molecule has 2 aromatic rings. The Kier molecular flexibility index (Phi) is 6.85. The number of aromatic nitrogens is 2. The summed E-state index contributed by atoms with van der Waals surface area (Å²) < 4.78 is 11.3. The Labute approximate surface area is 138 Å². The molecule has 4 nitrogen and oxygen atoms in total. The molecule has 23 heavy (non-hydrogen) atoms. The van der Waals surface area contributed by atoms with E-state index in [0.717, 1.165) is 42.9 Å². The predicted octanol–water partition coefficient (Wildman–Crippen LogP) is 4.75. The number of hydrogen-bond donors (Lipinski definition) is 0. The maximum Gasteiger partial charge on any atom is 0.233 e. The molecule has 4 heteroatoms. The molecule has 0 aliphatic rings. The van der Waals surface area contributed by atoms with Gasteiger partial charge in [-0.2, -0.15) is 0 Å². The topological polar surface area (TPSA) is 44.2 Å². The molecule has 0 radical (unpaired) electrons. The van der Waals surface area contributed by atoms with Gasteiger partial charge in [-0.25, -0.2) is 0 Å². The fourth-order valence-electron chi connectivity index (χ4n) is 1.95. The summed E-state index contributed by atoms with van der Waals surface area (Å²) in [5, 5.41) is 8.38. The first kappa shape index (κ1) is 17.3. The average Bonchev–Trinajstić information content (AvgIpc) is 2.61. The van der Waals surface area contributed by atoms with Crippen molar-refractivity contribution in [3.63, 3.8) is 0 Å². The Bertz CT molecular complexity index is 567. The van der Waals surface area contributed by atoms with E-state index in [9.17, 15) is 0 Å². The van der Waals surface area contributed by atoms with Crippen molar-refractivity contribution in [2.75, 3.05) is 13.2 Å². The van der Waals surface area contributed by atoms with Crippen LogP contribution in [0.4, 0.5) is 0 Å². The molecule has 1 atom stereocenters. The molecule has 0 saturated heterocycles. The zero-order valence-corrected chi connectivity index (χ0v) is 14.3. The predicted molar refractivity (Wildman–Crippen MR) is 92.8 cm³/mol. The summed E-state index contributed by atoms with van der Waals surface area (Å²) >= 11 is 0. The van der Waals surface area contributed by atoms with Gasteiger partial charge >= 0.3 is 0 Å². The van der Waals surface area contributed by atoms with Crippen molar-refractivity contribution in [3.8, 4) is 22.9 Å². The van der Waals surface area contributed by atoms with Gasteiger partial charge in [0.15, 0.2) is 0 Å². The maximum absolute atomic E-state index is 5.67. The van der Waals surface area contributed by atoms with E-state index < -0.39 is 0 Å². The van der Waals surface area contributed by atoms with Crippen molar-refractivity contribution < 1.29 is 9.47 Å². The van der Waals surface area contributed by atoms with Crippen molar-refractivity contribution >= 4 is 0 Å². The van der Waals surface area contributed by atoms with E-state index in [0.29, 0.717) is 18.4 Å². The molecule has 1 aromatic heterocycles. The Morgan fingerprint density at radius 1 is 0.957 bits per heavy atom. The van der Waals surface area contributed by atoms with Crippen LogP contribution in [0.25, 0.3) is 11.3 Å². The summed E-state index contributed by atoms with van der Waals surface area (Å²) in [5.41, 5.74) is 1.86. The van der Waals surface area contributed by atoms with Gasteiger partial charge in [-0.1, -0.05) is 33.6 Å². The van der Waals surface area contributed by atoms with E-state index in [-0.39, 0.29) is 0 Å². The zero-order valence-electron chi connectivity index (χ0n) is 14.3. The van der Waals surface area contributed by atoms with Crippen LogP contribution in [0.1, 0.15) is 40.0 Å². The third-order valence-corrected chi connectivity index (χ3v) is 3.77. The number of benzene rings is 1. The van der Waals surface area contributed by atoms with Crippen LogP contribution in [0.3, 0.4) is 0 Å². The van der Waals surface area contributed by atoms with Crippen LogP contribution >= 0.6 is 0 Å². The number of hydrogen-bond acceptors (Lipinski definition) is 4. The van der Waals surface area contributed by atoms with Crippen LogP contribution in [0.5, 0.6) is 11.6 Å². The van der Waals surface area contributed by atoms with Crippen molar-refractivity contribution in [2.24, 2.45) is 5.92 Å². The number of unbranched alkanes of at least 4 members (excludes halogenated alkanes) is 1. The number of rotatable bonds is 9. The molecule has 0 aliphatic heterocycles. The van der Waals surface area contributed by atoms with Crippen LogP contribution < -0.4 is 9.47 Å². The van der Waals surface area contributed by atoms with E-state index in [1.54, 1.807) is 0 Å². The molecule has 124 valence electrons. The summed E-state index contributed by atoms with van der Waals surface area (Å²) in [6.07, 6.45) is 3.31. The Balaban J connectivity index is 1.93. The lowest BCUT2D eigenvalue weighted by atomic mass is 10.1. The molecule has 2 rings (SSSR count). The van der Waals surface area contributed by atoms with E-state index in [1.165, 1.54) is 0 Å². The Morgan fingerprint density at radius 3 is 2.35 bits per heavy atom. The second kappa shape index (κ2) is 9.13. The van der Waals surface area contributed by atoms with Crippen LogP contribution in [0, 0.1) is 5.92 Å². The lowest BCUT2D eigenvalue weighted by Crippen LogP contribution is -2.08. The van der Waals surface area contributed by atoms with Gasteiger partial charge in [0.2, 0.25) is 5.88 Å². The molecule has 0 amide bonds. The van der Waals surface area contributed by atoms with Gasteiger partial charge < -0.3 is 9.47 Å². The van der Waals surface area contributed by atoms with E-state index >= 15 is 0 Å². The minimum Gasteiger partial charge on any atom is -0.494 e. The van der Waals surface area contributed by atoms with Gasteiger partial charge in [0, 0.05) is 11.6 Å². The van der Waals surface area contributed by atoms with Crippen molar-refractivity contribution in [1.82, 2.24) is 10.2 Å². The summed E-state index contributed by atoms with van der Waals surface area (Å²) in [6, 6.07) is 11.8. The zero-order chi connectivity index (χ0) is 16.5. The van der Waals surface area contributed by atoms with Crippen LogP contribution in [0.2, 0.25) is 0 Å². The molecule has 1 heterocycles. The first-order chi connectivity index (χ1) is 11.2. The molecular formula is C19H26N2O2. The number of ether oxygens (including phenoxy) is 2. The van der Waals surface area contributed by atoms with E-state index in [4.69, 9.17) is 9.47 Å². The normalized spacial score (nSPS) is 12.0. The molecular weight excluding hydrogens is 288 g/mol. The third kappa shape index (κ3) is 5.55. The van der Waals surface area contributed by atoms with Crippen LogP contribution in [-0.4, -0.2) is 23.4 Å². The van der Waals surface area contributed by atoms with Gasteiger partial charge in [-0.3, -0.25) is 0 Å². The highest BCUT2D eigenvalue weighted by Crippen LogP contribution is 2.21. The molecule has 1 aromatic carbocycles. The summed E-state index contributed by atoms with van der Waals surface area (Å²) in [4.78, 5) is 0. The van der Waals surface area contributed by atoms with Crippen LogP contribution in [-0.2, 0) is 0 Å². The quantitative estimate of drug-likeness (QED) is 0.627. The largest absolute Gasteiger partial charge is 0.494 e. The summed E-state index contributed by atoms with van der Waals surface area (Å²) in [6.45, 7) is 7.90. The minimum absolute atomic E-state index is 0.525. The van der Waals surface area contributed by atoms with Gasteiger partial charge in [-0.15, -0.1) is 10.2 Å². The standard InChI is InChI=1S/C19H26N2O2/c1-4-6-13-22-17-9-7-16(8-10-17)18-11-12-19(21-20-18)23-14-15(3)5-2/h7-12,15H,4-6,13-14H2,1-3H3. The highest BCUT2D eigenvalue weighted by Gasteiger charge is 2.04. The lowest BCUT2D eigenvalue weighted by molar-refractivity contribution is 0.245. The van der Waals surface area contributed by atoms with Crippen molar-refractivity contribution in [2.45, 2.75) is 40.0 Å². The first-order valence-corrected chi connectivity index (χ1v) is 8.42. The fraction of sp³-hybridized carbons (Fsp3) is 0.474. The van der Waals surface area contributed by atoms with E-state index in [1.807, 2.05) is 36.4 Å². The Hall–Kier alpha value is -2.10. The summed E-state index contributed by atoms with van der Waals surface area (Å²) in [7, 11) is 0. The van der Waals surface area contributed by atoms with Crippen LogP contribution in [0.15, 0.2) is 36.4 Å². The van der Waals surface area contributed by atoms with E-state index in [2.05, 4.69) is 31.0 Å². The van der Waals surface area contributed by atoms with Gasteiger partial charge in [0.1, 0.15) is 5.75 Å². The first-order valence-electron chi connectivity index (χ1n) is 8.42. The molecule has 0 bridgehead atoms. The molecule has 0 fully saturated rings. The van der Waals surface area contributed by atoms with Gasteiger partial charge in [0.05, 0.1) is 18.9 Å². The average molecular weight is 314 g/mol. The molecule has 0 saturated carbocycles. The Morgan fingerprint density at radius 2 is 1.74 bits per heavy atom. The monoisotopic (exact) mass is 314 g/mol. The maximum atomic E-state index is 5.67. The second-order valence-corrected chi connectivity index (χ2v) is 5.81. The second-order valence-electron chi connectivity index (χ2n) is 5.81. The third-order valence-electron chi connectivity index (χ3n) is 3.77. The highest BCUT2D eigenvalue weighted by molar-refractivity contribution is 5.59. The van der Waals surface area contributed by atoms with Gasteiger partial charge in [-0.05, 0) is 42.7 Å². The highest BCUT2D eigenvalue weighted by atomic mass is 16.5. The minimum atomic E-state index is 0.525. The molecule has 0 aliphatic carbocycles. The smallest absolute Gasteiger partial charge is 0.233 e. The molecule has 0 N–H and O–H groups in total. The molecule has 0 spiro atoms. The van der Waals surface area contributed by atoms with Crippen molar-refractivity contribution in [1.29, 1.82) is 0 Å². The van der Waals surface area contributed by atoms with Crippen molar-refractivity contribution in [3.05, 3.63) is 36.4 Å². The SMILES string of the molecule is CCCCOc1ccc(-c2ccc(OCC(C)CC)nn2)cc1. The number of nitrogens with zero attached hydrogens (tertiary/aromatic N) is 2. The molecule has 1 unspecified atom stereocenters. The fourth-order valence-corrected chi connectivity index (χ4v) is 1.95. The van der Waals surface area contributed by atoms with Gasteiger partial charge in [0.25, 0.3) is 0 Å².